The minimum atomic E-state index is -0.549. The molecule has 6 unspecified atom stereocenters. The van der Waals surface area contributed by atoms with Crippen LogP contribution in [0.1, 0.15) is 27.9 Å². The molecule has 4 aliphatic carbocycles. The van der Waals surface area contributed by atoms with Crippen molar-refractivity contribution in [3.05, 3.63) is 70.3 Å². The van der Waals surface area contributed by atoms with Gasteiger partial charge in [0, 0.05) is 5.02 Å². The summed E-state index contributed by atoms with van der Waals surface area (Å²) in [6, 6.07) is 10.0. The fourth-order valence-electron chi connectivity index (χ4n) is 6.11. The van der Waals surface area contributed by atoms with E-state index in [4.69, 9.17) is 16.3 Å². The molecule has 0 aromatic heterocycles. The van der Waals surface area contributed by atoms with Crippen molar-refractivity contribution in [2.24, 2.45) is 35.5 Å². The second-order valence-corrected chi connectivity index (χ2v) is 9.86. The van der Waals surface area contributed by atoms with E-state index in [2.05, 4.69) is 12.2 Å². The lowest BCUT2D eigenvalue weighted by Crippen LogP contribution is -2.40. The lowest BCUT2D eigenvalue weighted by molar-refractivity contribution is -0.124. The molecule has 2 amide bonds. The summed E-state index contributed by atoms with van der Waals surface area (Å²) in [5.41, 5.74) is 2.35. The zero-order chi connectivity index (χ0) is 22.3. The second kappa shape index (κ2) is 6.79. The zero-order valence-electron chi connectivity index (χ0n) is 17.7. The van der Waals surface area contributed by atoms with E-state index in [0.29, 0.717) is 28.3 Å². The first-order valence-electron chi connectivity index (χ1n) is 11.0. The number of hydrogen-bond donors (Lipinski definition) is 0. The van der Waals surface area contributed by atoms with Crippen LogP contribution < -0.4 is 9.64 Å². The van der Waals surface area contributed by atoms with Crippen LogP contribution in [0.5, 0.6) is 5.75 Å². The number of ether oxygens (including phenoxy) is 1. The predicted octanol–water partition coefficient (Wildman–Crippen LogP) is 4.73. The van der Waals surface area contributed by atoms with Gasteiger partial charge in [0.15, 0.2) is 0 Å². The largest absolute Gasteiger partial charge is 0.423 e. The number of carbonyl (C=O) groups excluding carboxylic acids is 3. The SMILES string of the molecule is Cc1cc(OC(=O)c2cccc(N3C(=O)C4C5C=CC(C6CC56)C4C3=O)c2)cc(C)c1Cl. The molecule has 2 bridgehead atoms. The lowest BCUT2D eigenvalue weighted by Gasteiger charge is -2.37. The molecular formula is C26H22ClNO4. The molecule has 0 N–H and O–H groups in total. The Labute approximate surface area is 191 Å². The highest BCUT2D eigenvalue weighted by Crippen LogP contribution is 2.65. The van der Waals surface area contributed by atoms with E-state index in [1.807, 2.05) is 13.8 Å². The first-order chi connectivity index (χ1) is 15.3. The highest BCUT2D eigenvalue weighted by atomic mass is 35.5. The van der Waals surface area contributed by atoms with Gasteiger partial charge in [0.25, 0.3) is 0 Å². The topological polar surface area (TPSA) is 63.7 Å². The number of benzene rings is 2. The number of aryl methyl sites for hydroxylation is 2. The summed E-state index contributed by atoms with van der Waals surface area (Å²) >= 11 is 6.20. The van der Waals surface area contributed by atoms with Gasteiger partial charge in [-0.3, -0.25) is 9.59 Å². The Morgan fingerprint density at radius 1 is 0.969 bits per heavy atom. The van der Waals surface area contributed by atoms with E-state index >= 15 is 0 Å². The summed E-state index contributed by atoms with van der Waals surface area (Å²) in [6.07, 6.45) is 5.43. The molecule has 0 spiro atoms. The van der Waals surface area contributed by atoms with Crippen molar-refractivity contribution in [2.45, 2.75) is 20.3 Å². The highest BCUT2D eigenvalue weighted by molar-refractivity contribution is 6.32. The number of carbonyl (C=O) groups is 3. The van der Waals surface area contributed by atoms with Crippen LogP contribution in [-0.4, -0.2) is 17.8 Å². The number of esters is 1. The van der Waals surface area contributed by atoms with Crippen LogP contribution in [0.2, 0.25) is 5.02 Å². The van der Waals surface area contributed by atoms with Gasteiger partial charge in [-0.15, -0.1) is 0 Å². The van der Waals surface area contributed by atoms with Crippen LogP contribution in [0.25, 0.3) is 0 Å². The lowest BCUT2D eigenvalue weighted by atomic mass is 9.63. The molecule has 1 aliphatic heterocycles. The van der Waals surface area contributed by atoms with Crippen molar-refractivity contribution in [2.75, 3.05) is 4.90 Å². The quantitative estimate of drug-likeness (QED) is 0.295. The third-order valence-corrected chi connectivity index (χ3v) is 8.22. The van der Waals surface area contributed by atoms with E-state index in [-0.39, 0.29) is 41.0 Å². The normalized spacial score (nSPS) is 31.5. The van der Waals surface area contributed by atoms with Crippen LogP contribution in [0.15, 0.2) is 48.6 Å². The summed E-state index contributed by atoms with van der Waals surface area (Å²) in [5, 5.41) is 0.639. The summed E-state index contributed by atoms with van der Waals surface area (Å²) in [5.74, 6) is 0.480. The molecule has 1 heterocycles. The Morgan fingerprint density at radius 3 is 2.16 bits per heavy atom. The van der Waals surface area contributed by atoms with E-state index < -0.39 is 5.97 Å². The fourth-order valence-corrected chi connectivity index (χ4v) is 6.22. The molecule has 7 rings (SSSR count). The summed E-state index contributed by atoms with van der Waals surface area (Å²) in [7, 11) is 0. The average Bonchev–Trinajstić information content (AvgIpc) is 3.55. The molecule has 2 aromatic rings. The number of imide groups is 1. The summed E-state index contributed by atoms with van der Waals surface area (Å²) in [6.45, 7) is 3.70. The number of amides is 2. The van der Waals surface area contributed by atoms with Crippen molar-refractivity contribution in [1.29, 1.82) is 0 Å². The van der Waals surface area contributed by atoms with Gasteiger partial charge in [0.05, 0.1) is 23.1 Å². The van der Waals surface area contributed by atoms with Crippen LogP contribution in [-0.2, 0) is 9.59 Å². The van der Waals surface area contributed by atoms with Crippen molar-refractivity contribution >= 4 is 35.1 Å². The zero-order valence-corrected chi connectivity index (χ0v) is 18.5. The number of hydrogen-bond acceptors (Lipinski definition) is 4. The van der Waals surface area contributed by atoms with Gasteiger partial charge >= 0.3 is 5.97 Å². The number of anilines is 1. The van der Waals surface area contributed by atoms with Gasteiger partial charge < -0.3 is 4.74 Å². The molecule has 0 radical (unpaired) electrons. The number of nitrogens with zero attached hydrogens (tertiary/aromatic N) is 1. The van der Waals surface area contributed by atoms with Crippen molar-refractivity contribution in [3.8, 4) is 5.75 Å². The second-order valence-electron chi connectivity index (χ2n) is 9.48. The van der Waals surface area contributed by atoms with Crippen LogP contribution in [0.3, 0.4) is 0 Å². The third-order valence-electron chi connectivity index (χ3n) is 7.62. The minimum absolute atomic E-state index is 0.140. The van der Waals surface area contributed by atoms with Crippen LogP contribution >= 0.6 is 11.6 Å². The summed E-state index contributed by atoms with van der Waals surface area (Å²) < 4.78 is 5.55. The molecule has 1 saturated heterocycles. The Balaban J connectivity index is 1.28. The number of rotatable bonds is 3. The molecule has 5 nitrogen and oxygen atoms in total. The van der Waals surface area contributed by atoms with E-state index in [1.54, 1.807) is 36.4 Å². The smallest absolute Gasteiger partial charge is 0.343 e. The Morgan fingerprint density at radius 2 is 1.56 bits per heavy atom. The van der Waals surface area contributed by atoms with E-state index in [0.717, 1.165) is 17.5 Å². The molecular weight excluding hydrogens is 426 g/mol. The van der Waals surface area contributed by atoms with Crippen LogP contribution in [0, 0.1) is 49.4 Å². The molecule has 3 fully saturated rings. The first kappa shape index (κ1) is 19.7. The van der Waals surface area contributed by atoms with Gasteiger partial charge in [0.2, 0.25) is 11.8 Å². The Hall–Kier alpha value is -2.92. The third kappa shape index (κ3) is 2.73. The molecule has 162 valence electrons. The van der Waals surface area contributed by atoms with Gasteiger partial charge in [-0.25, -0.2) is 9.69 Å². The van der Waals surface area contributed by atoms with Crippen molar-refractivity contribution < 1.29 is 19.1 Å². The van der Waals surface area contributed by atoms with Crippen LogP contribution in [0.4, 0.5) is 5.69 Å². The highest BCUT2D eigenvalue weighted by Gasteiger charge is 2.67. The molecule has 6 atom stereocenters. The Kier molecular flexibility index (Phi) is 4.19. The summed E-state index contributed by atoms with van der Waals surface area (Å²) in [4.78, 5) is 40.8. The Bertz CT molecular complexity index is 1180. The van der Waals surface area contributed by atoms with Crippen molar-refractivity contribution in [3.63, 3.8) is 0 Å². The van der Waals surface area contributed by atoms with Gasteiger partial charge in [-0.05, 0) is 85.4 Å². The monoisotopic (exact) mass is 447 g/mol. The first-order valence-corrected chi connectivity index (χ1v) is 11.4. The predicted molar refractivity (Wildman–Crippen MR) is 120 cm³/mol. The molecule has 5 aliphatic rings. The van der Waals surface area contributed by atoms with Gasteiger partial charge in [-0.2, -0.15) is 0 Å². The minimum Gasteiger partial charge on any atom is -0.423 e. The number of allylic oxidation sites excluding steroid dienone is 2. The van der Waals surface area contributed by atoms with E-state index in [9.17, 15) is 14.4 Å². The number of halogens is 1. The fraction of sp³-hybridized carbons (Fsp3) is 0.346. The van der Waals surface area contributed by atoms with E-state index in [1.165, 1.54) is 4.90 Å². The molecule has 2 aromatic carbocycles. The molecule has 2 saturated carbocycles. The molecule has 32 heavy (non-hydrogen) atoms. The average molecular weight is 448 g/mol. The van der Waals surface area contributed by atoms with Crippen molar-refractivity contribution in [1.82, 2.24) is 0 Å². The maximum Gasteiger partial charge on any atom is 0.343 e. The van der Waals surface area contributed by atoms with Gasteiger partial charge in [0.1, 0.15) is 5.75 Å². The maximum absolute atomic E-state index is 13.3. The van der Waals surface area contributed by atoms with Gasteiger partial charge in [-0.1, -0.05) is 29.8 Å². The standard InChI is InChI=1S/C26H22ClNO4/c1-12-8-16(9-13(2)23(12)27)32-26(31)14-4-3-5-15(10-14)28-24(29)21-17-6-7-18(20-11-19(17)20)22(21)25(28)30/h3-10,17-22H,11H2,1-2H3. The molecule has 6 heteroatoms. The maximum atomic E-state index is 13.3.